The molecule has 5 heteroatoms. The lowest BCUT2D eigenvalue weighted by Gasteiger charge is -2.15. The molecule has 1 heterocycles. The lowest BCUT2D eigenvalue weighted by molar-refractivity contribution is 0.0501. The molecule has 1 N–H and O–H groups in total. The van der Waals surface area contributed by atoms with Gasteiger partial charge in [-0.25, -0.2) is 0 Å². The Balaban J connectivity index is 1.62. The van der Waals surface area contributed by atoms with E-state index in [-0.39, 0.29) is 0 Å². The standard InChI is InChI=1S/C14H23N3OS/c1-19-14-9-8-13(16-17-14)15-10-11-18-12-6-4-2-3-5-7-12/h8-9,12H,2-7,10-11H2,1H3,(H,15,16). The summed E-state index contributed by atoms with van der Waals surface area (Å²) in [5.41, 5.74) is 0. The number of ether oxygens (including phenoxy) is 1. The zero-order valence-electron chi connectivity index (χ0n) is 11.6. The molecule has 0 bridgehead atoms. The fourth-order valence-electron chi connectivity index (χ4n) is 2.34. The van der Waals surface area contributed by atoms with Crippen LogP contribution in [0.3, 0.4) is 0 Å². The maximum absolute atomic E-state index is 5.91. The molecule has 0 saturated heterocycles. The molecule has 1 aliphatic carbocycles. The van der Waals surface area contributed by atoms with Gasteiger partial charge in [0.05, 0.1) is 12.7 Å². The summed E-state index contributed by atoms with van der Waals surface area (Å²) < 4.78 is 5.91. The lowest BCUT2D eigenvalue weighted by atomic mass is 10.1. The van der Waals surface area contributed by atoms with Crippen molar-refractivity contribution in [2.45, 2.75) is 49.7 Å². The van der Waals surface area contributed by atoms with Gasteiger partial charge in [0, 0.05) is 6.54 Å². The van der Waals surface area contributed by atoms with Gasteiger partial charge in [-0.05, 0) is 31.2 Å². The summed E-state index contributed by atoms with van der Waals surface area (Å²) in [6.45, 7) is 1.54. The number of aromatic nitrogens is 2. The summed E-state index contributed by atoms with van der Waals surface area (Å²) in [5, 5.41) is 12.4. The zero-order chi connectivity index (χ0) is 13.3. The average Bonchev–Trinajstić information content (AvgIpc) is 2.73. The van der Waals surface area contributed by atoms with E-state index < -0.39 is 0 Å². The van der Waals surface area contributed by atoms with E-state index in [0.29, 0.717) is 6.10 Å². The molecule has 0 amide bonds. The van der Waals surface area contributed by atoms with Crippen molar-refractivity contribution in [2.24, 2.45) is 0 Å². The summed E-state index contributed by atoms with van der Waals surface area (Å²) in [5.74, 6) is 0.822. The Labute approximate surface area is 119 Å². The third-order valence-electron chi connectivity index (χ3n) is 3.41. The van der Waals surface area contributed by atoms with Gasteiger partial charge in [-0.3, -0.25) is 0 Å². The fourth-order valence-corrected chi connectivity index (χ4v) is 2.66. The highest BCUT2D eigenvalue weighted by Gasteiger charge is 2.11. The van der Waals surface area contributed by atoms with Crippen LogP contribution in [0.25, 0.3) is 0 Å². The average molecular weight is 281 g/mol. The molecule has 0 unspecified atom stereocenters. The van der Waals surface area contributed by atoms with Crippen molar-refractivity contribution in [2.75, 3.05) is 24.7 Å². The van der Waals surface area contributed by atoms with E-state index in [1.54, 1.807) is 11.8 Å². The van der Waals surface area contributed by atoms with Crippen molar-refractivity contribution >= 4 is 17.6 Å². The smallest absolute Gasteiger partial charge is 0.148 e. The van der Waals surface area contributed by atoms with Crippen molar-refractivity contribution in [3.05, 3.63) is 12.1 Å². The quantitative estimate of drug-likeness (QED) is 0.492. The molecule has 0 radical (unpaired) electrons. The highest BCUT2D eigenvalue weighted by atomic mass is 32.2. The first-order chi connectivity index (χ1) is 9.38. The number of nitrogens with one attached hydrogen (secondary N) is 1. The molecule has 1 saturated carbocycles. The van der Waals surface area contributed by atoms with Crippen LogP contribution in [0.15, 0.2) is 17.2 Å². The minimum Gasteiger partial charge on any atom is -0.376 e. The Bertz CT molecular complexity index is 350. The van der Waals surface area contributed by atoms with Gasteiger partial charge in [0.15, 0.2) is 0 Å². The van der Waals surface area contributed by atoms with Gasteiger partial charge in [-0.1, -0.05) is 25.7 Å². The van der Waals surface area contributed by atoms with Crippen LogP contribution in [0.5, 0.6) is 0 Å². The highest BCUT2D eigenvalue weighted by molar-refractivity contribution is 7.98. The van der Waals surface area contributed by atoms with E-state index in [2.05, 4.69) is 15.5 Å². The Kier molecular flexibility index (Phi) is 6.44. The maximum Gasteiger partial charge on any atom is 0.148 e. The molecule has 19 heavy (non-hydrogen) atoms. The Morgan fingerprint density at radius 3 is 2.63 bits per heavy atom. The number of hydrogen-bond acceptors (Lipinski definition) is 5. The molecule has 1 aliphatic rings. The van der Waals surface area contributed by atoms with Crippen LogP contribution in [0.2, 0.25) is 0 Å². The van der Waals surface area contributed by atoms with E-state index in [1.807, 2.05) is 18.4 Å². The molecule has 0 spiro atoms. The van der Waals surface area contributed by atoms with Gasteiger partial charge >= 0.3 is 0 Å². The van der Waals surface area contributed by atoms with Gasteiger partial charge in [0.1, 0.15) is 10.8 Å². The minimum absolute atomic E-state index is 0.467. The SMILES string of the molecule is CSc1ccc(NCCOC2CCCCCC2)nn1. The first kappa shape index (κ1) is 14.6. The van der Waals surface area contributed by atoms with Crippen LogP contribution in [0.1, 0.15) is 38.5 Å². The van der Waals surface area contributed by atoms with Crippen molar-refractivity contribution in [1.29, 1.82) is 0 Å². The van der Waals surface area contributed by atoms with Crippen molar-refractivity contribution < 1.29 is 4.74 Å². The number of nitrogens with zero attached hydrogens (tertiary/aromatic N) is 2. The van der Waals surface area contributed by atoms with E-state index in [1.165, 1.54) is 38.5 Å². The molecule has 1 fully saturated rings. The summed E-state index contributed by atoms with van der Waals surface area (Å²) in [6, 6.07) is 3.94. The van der Waals surface area contributed by atoms with Crippen molar-refractivity contribution in [3.63, 3.8) is 0 Å². The number of anilines is 1. The topological polar surface area (TPSA) is 47.0 Å². The van der Waals surface area contributed by atoms with E-state index in [0.717, 1.165) is 24.0 Å². The molecule has 2 rings (SSSR count). The summed E-state index contributed by atoms with van der Waals surface area (Å²) in [4.78, 5) is 0. The molecule has 1 aromatic rings. The molecular formula is C14H23N3OS. The predicted octanol–water partition coefficient (Wildman–Crippen LogP) is 3.35. The molecular weight excluding hydrogens is 258 g/mol. The second-order valence-corrected chi connectivity index (χ2v) is 5.70. The normalized spacial score (nSPS) is 17.1. The first-order valence-electron chi connectivity index (χ1n) is 7.11. The third-order valence-corrected chi connectivity index (χ3v) is 4.05. The van der Waals surface area contributed by atoms with Crippen LogP contribution in [-0.4, -0.2) is 35.7 Å². The molecule has 0 atom stereocenters. The van der Waals surface area contributed by atoms with Crippen LogP contribution < -0.4 is 5.32 Å². The Morgan fingerprint density at radius 1 is 1.21 bits per heavy atom. The second-order valence-electron chi connectivity index (χ2n) is 4.87. The van der Waals surface area contributed by atoms with Crippen LogP contribution in [-0.2, 0) is 4.74 Å². The van der Waals surface area contributed by atoms with Crippen LogP contribution >= 0.6 is 11.8 Å². The van der Waals surface area contributed by atoms with Crippen LogP contribution in [0, 0.1) is 0 Å². The number of thioether (sulfide) groups is 1. The monoisotopic (exact) mass is 281 g/mol. The summed E-state index contributed by atoms with van der Waals surface area (Å²) >= 11 is 1.60. The molecule has 0 aromatic carbocycles. The van der Waals surface area contributed by atoms with Crippen LogP contribution in [0.4, 0.5) is 5.82 Å². The predicted molar refractivity (Wildman–Crippen MR) is 79.7 cm³/mol. The van der Waals surface area contributed by atoms with E-state index >= 15 is 0 Å². The largest absolute Gasteiger partial charge is 0.376 e. The summed E-state index contributed by atoms with van der Waals surface area (Å²) in [7, 11) is 0. The van der Waals surface area contributed by atoms with Gasteiger partial charge < -0.3 is 10.1 Å². The van der Waals surface area contributed by atoms with Crippen molar-refractivity contribution in [1.82, 2.24) is 10.2 Å². The Morgan fingerprint density at radius 2 is 2.00 bits per heavy atom. The fraction of sp³-hybridized carbons (Fsp3) is 0.714. The molecule has 1 aromatic heterocycles. The Hall–Kier alpha value is -0.810. The van der Waals surface area contributed by atoms with Gasteiger partial charge in [0.2, 0.25) is 0 Å². The zero-order valence-corrected chi connectivity index (χ0v) is 12.4. The minimum atomic E-state index is 0.467. The van der Waals surface area contributed by atoms with Gasteiger partial charge in [-0.2, -0.15) is 0 Å². The van der Waals surface area contributed by atoms with Gasteiger partial charge in [-0.15, -0.1) is 22.0 Å². The molecule has 0 aliphatic heterocycles. The van der Waals surface area contributed by atoms with E-state index in [4.69, 9.17) is 4.74 Å². The second kappa shape index (κ2) is 8.38. The molecule has 4 nitrogen and oxygen atoms in total. The number of rotatable bonds is 6. The first-order valence-corrected chi connectivity index (χ1v) is 8.34. The van der Waals surface area contributed by atoms with Gasteiger partial charge in [0.25, 0.3) is 0 Å². The number of hydrogen-bond donors (Lipinski definition) is 1. The highest BCUT2D eigenvalue weighted by Crippen LogP contribution is 2.19. The lowest BCUT2D eigenvalue weighted by Crippen LogP contribution is -2.18. The third kappa shape index (κ3) is 5.37. The maximum atomic E-state index is 5.91. The summed E-state index contributed by atoms with van der Waals surface area (Å²) in [6.07, 6.45) is 10.3. The molecule has 106 valence electrons. The van der Waals surface area contributed by atoms with Crippen molar-refractivity contribution in [3.8, 4) is 0 Å². The van der Waals surface area contributed by atoms with E-state index in [9.17, 15) is 0 Å².